The predicted octanol–water partition coefficient (Wildman–Crippen LogP) is 3.36. The number of benzene rings is 1. The van der Waals surface area contributed by atoms with Crippen molar-refractivity contribution in [3.05, 3.63) is 47.3 Å². The molecule has 1 aromatic heterocycles. The summed E-state index contributed by atoms with van der Waals surface area (Å²) < 4.78 is 21.5. The molecule has 0 spiro atoms. The van der Waals surface area contributed by atoms with Crippen LogP contribution in [0.1, 0.15) is 48.8 Å². The topological polar surface area (TPSA) is 39.1 Å². The molecule has 1 unspecified atom stereocenters. The third-order valence-electron chi connectivity index (χ3n) is 4.83. The fraction of sp³-hybridized carbons (Fsp3) is 0.500. The van der Waals surface area contributed by atoms with Crippen LogP contribution in [-0.2, 0) is 19.5 Å². The number of ether oxygens (including phenoxy) is 1. The van der Waals surface area contributed by atoms with Gasteiger partial charge in [-0.05, 0) is 31.7 Å². The Kier molecular flexibility index (Phi) is 4.04. The molecule has 2 aromatic rings. The fourth-order valence-electron chi connectivity index (χ4n) is 3.61. The third-order valence-corrected chi connectivity index (χ3v) is 4.83. The number of hydrogen-bond donors (Lipinski definition) is 1. The van der Waals surface area contributed by atoms with Gasteiger partial charge < -0.3 is 14.6 Å². The number of imidazole rings is 1. The molecule has 0 amide bonds. The molecule has 5 heteroatoms. The number of aromatic nitrogens is 2. The maximum atomic E-state index is 13.4. The van der Waals surface area contributed by atoms with E-state index in [4.69, 9.17) is 4.74 Å². The molecule has 0 saturated heterocycles. The average molecular weight is 315 g/mol. The first-order valence-electron chi connectivity index (χ1n) is 8.50. The number of nitrogens with one attached hydrogen (secondary N) is 1. The van der Waals surface area contributed by atoms with Gasteiger partial charge in [0.1, 0.15) is 17.4 Å². The van der Waals surface area contributed by atoms with Crippen molar-refractivity contribution < 1.29 is 9.13 Å². The quantitative estimate of drug-likeness (QED) is 0.944. The van der Waals surface area contributed by atoms with Crippen LogP contribution in [-0.4, -0.2) is 16.2 Å². The summed E-state index contributed by atoms with van der Waals surface area (Å²) >= 11 is 0. The molecule has 0 saturated carbocycles. The highest BCUT2D eigenvalue weighted by Crippen LogP contribution is 2.32. The Labute approximate surface area is 135 Å². The van der Waals surface area contributed by atoms with Gasteiger partial charge in [-0.2, -0.15) is 0 Å². The van der Waals surface area contributed by atoms with Crippen LogP contribution in [0.15, 0.2) is 24.4 Å². The molecule has 1 atom stereocenters. The summed E-state index contributed by atoms with van der Waals surface area (Å²) in [4.78, 5) is 4.54. The summed E-state index contributed by atoms with van der Waals surface area (Å²) in [6, 6.07) is 5.06. The number of hydrogen-bond acceptors (Lipinski definition) is 3. The van der Waals surface area contributed by atoms with Gasteiger partial charge in [-0.1, -0.05) is 6.07 Å². The van der Waals surface area contributed by atoms with Crippen LogP contribution >= 0.6 is 0 Å². The number of halogens is 1. The monoisotopic (exact) mass is 315 g/mol. The second-order valence-corrected chi connectivity index (χ2v) is 6.38. The van der Waals surface area contributed by atoms with E-state index in [0.29, 0.717) is 12.4 Å². The normalized spacial score (nSPS) is 20.3. The molecule has 4 rings (SSSR count). The Bertz CT molecular complexity index is 698. The van der Waals surface area contributed by atoms with Crippen molar-refractivity contribution in [1.82, 2.24) is 14.9 Å². The van der Waals surface area contributed by atoms with E-state index in [-0.39, 0.29) is 11.9 Å². The van der Waals surface area contributed by atoms with E-state index in [9.17, 15) is 4.39 Å². The zero-order valence-electron chi connectivity index (χ0n) is 13.2. The Balaban J connectivity index is 1.52. The van der Waals surface area contributed by atoms with E-state index in [1.807, 2.05) is 12.3 Å². The average Bonchev–Trinajstić information content (AvgIpc) is 2.87. The van der Waals surface area contributed by atoms with Gasteiger partial charge in [0.25, 0.3) is 0 Å². The molecule has 2 aliphatic heterocycles. The van der Waals surface area contributed by atoms with Gasteiger partial charge in [-0.3, -0.25) is 0 Å². The molecule has 0 fully saturated rings. The van der Waals surface area contributed by atoms with Crippen molar-refractivity contribution in [3.8, 4) is 5.75 Å². The first kappa shape index (κ1) is 14.7. The summed E-state index contributed by atoms with van der Waals surface area (Å²) in [7, 11) is 0. The van der Waals surface area contributed by atoms with Crippen LogP contribution in [0.4, 0.5) is 4.39 Å². The Morgan fingerprint density at radius 1 is 1.30 bits per heavy atom. The lowest BCUT2D eigenvalue weighted by Gasteiger charge is -2.20. The summed E-state index contributed by atoms with van der Waals surface area (Å²) in [6.07, 6.45) is 7.52. The minimum absolute atomic E-state index is 0.197. The van der Waals surface area contributed by atoms with E-state index in [1.54, 1.807) is 0 Å². The summed E-state index contributed by atoms with van der Waals surface area (Å²) in [6.45, 7) is 2.51. The zero-order chi connectivity index (χ0) is 15.6. The summed E-state index contributed by atoms with van der Waals surface area (Å²) in [5, 5.41) is 3.63. The SMILES string of the molecule is Fc1ccc2c(c1)OCCCC2NCc1cnc2n1CCCC2. The van der Waals surface area contributed by atoms with Gasteiger partial charge in [0, 0.05) is 43.4 Å². The Morgan fingerprint density at radius 3 is 3.22 bits per heavy atom. The van der Waals surface area contributed by atoms with Crippen LogP contribution in [0, 0.1) is 5.82 Å². The lowest BCUT2D eigenvalue weighted by Crippen LogP contribution is -2.23. The van der Waals surface area contributed by atoms with Gasteiger partial charge in [0.15, 0.2) is 0 Å². The smallest absolute Gasteiger partial charge is 0.126 e. The number of nitrogens with zero attached hydrogens (tertiary/aromatic N) is 2. The van der Waals surface area contributed by atoms with E-state index in [0.717, 1.165) is 37.9 Å². The van der Waals surface area contributed by atoms with Crippen LogP contribution in [0.2, 0.25) is 0 Å². The highest BCUT2D eigenvalue weighted by atomic mass is 19.1. The molecule has 1 N–H and O–H groups in total. The minimum atomic E-state index is -0.241. The minimum Gasteiger partial charge on any atom is -0.493 e. The van der Waals surface area contributed by atoms with Crippen LogP contribution in [0.5, 0.6) is 5.75 Å². The van der Waals surface area contributed by atoms with Crippen LogP contribution in [0.25, 0.3) is 0 Å². The molecular weight excluding hydrogens is 293 g/mol. The van der Waals surface area contributed by atoms with Crippen LogP contribution in [0.3, 0.4) is 0 Å². The fourth-order valence-corrected chi connectivity index (χ4v) is 3.61. The van der Waals surface area contributed by atoms with E-state index in [2.05, 4.69) is 14.9 Å². The van der Waals surface area contributed by atoms with E-state index in [1.165, 1.54) is 36.5 Å². The molecular formula is C18H22FN3O. The summed E-state index contributed by atoms with van der Waals surface area (Å²) in [5.74, 6) is 1.64. The molecule has 0 bridgehead atoms. The third kappa shape index (κ3) is 2.98. The Morgan fingerprint density at radius 2 is 2.26 bits per heavy atom. The van der Waals surface area contributed by atoms with Gasteiger partial charge >= 0.3 is 0 Å². The van der Waals surface area contributed by atoms with Gasteiger partial charge in [0.05, 0.1) is 12.3 Å². The van der Waals surface area contributed by atoms with Crippen molar-refractivity contribution in [2.24, 2.45) is 0 Å². The maximum Gasteiger partial charge on any atom is 0.126 e. The molecule has 122 valence electrons. The zero-order valence-corrected chi connectivity index (χ0v) is 13.2. The predicted molar refractivity (Wildman–Crippen MR) is 85.9 cm³/mol. The molecule has 3 heterocycles. The summed E-state index contributed by atoms with van der Waals surface area (Å²) in [5.41, 5.74) is 2.30. The van der Waals surface area contributed by atoms with E-state index >= 15 is 0 Å². The lowest BCUT2D eigenvalue weighted by molar-refractivity contribution is 0.313. The number of fused-ring (bicyclic) bond motifs is 2. The first-order valence-corrected chi connectivity index (χ1v) is 8.50. The van der Waals surface area contributed by atoms with Gasteiger partial charge in [-0.25, -0.2) is 9.37 Å². The van der Waals surface area contributed by atoms with Crippen LogP contribution < -0.4 is 10.1 Å². The molecule has 0 radical (unpaired) electrons. The van der Waals surface area contributed by atoms with Gasteiger partial charge in [0.2, 0.25) is 0 Å². The number of aryl methyl sites for hydroxylation is 1. The standard InChI is InChI=1S/C18H22FN3O/c19-13-6-7-15-16(4-3-9-23-17(15)10-13)20-11-14-12-21-18-5-1-2-8-22(14)18/h6-7,10,12,16,20H,1-5,8-9,11H2. The largest absolute Gasteiger partial charge is 0.493 e. The molecule has 4 nitrogen and oxygen atoms in total. The van der Waals surface area contributed by atoms with Crippen molar-refractivity contribution >= 4 is 0 Å². The molecule has 1 aromatic carbocycles. The van der Waals surface area contributed by atoms with Crippen molar-refractivity contribution in [2.45, 2.75) is 51.2 Å². The maximum absolute atomic E-state index is 13.4. The first-order chi connectivity index (χ1) is 11.3. The van der Waals surface area contributed by atoms with Crippen molar-refractivity contribution in [2.75, 3.05) is 6.61 Å². The number of rotatable bonds is 3. The van der Waals surface area contributed by atoms with Crippen molar-refractivity contribution in [1.29, 1.82) is 0 Å². The molecule has 2 aliphatic rings. The highest BCUT2D eigenvalue weighted by molar-refractivity contribution is 5.37. The lowest BCUT2D eigenvalue weighted by atomic mass is 10.0. The van der Waals surface area contributed by atoms with E-state index < -0.39 is 0 Å². The second-order valence-electron chi connectivity index (χ2n) is 6.38. The van der Waals surface area contributed by atoms with Gasteiger partial charge in [-0.15, -0.1) is 0 Å². The molecule has 23 heavy (non-hydrogen) atoms. The van der Waals surface area contributed by atoms with Crippen molar-refractivity contribution in [3.63, 3.8) is 0 Å². The molecule has 0 aliphatic carbocycles. The second kappa shape index (κ2) is 6.32. The Hall–Kier alpha value is -1.88. The highest BCUT2D eigenvalue weighted by Gasteiger charge is 2.21.